The van der Waals surface area contributed by atoms with Crippen molar-refractivity contribution >= 4 is 28.7 Å². The lowest BCUT2D eigenvalue weighted by Gasteiger charge is -2.15. The predicted molar refractivity (Wildman–Crippen MR) is 85.6 cm³/mol. The third-order valence-electron chi connectivity index (χ3n) is 3.08. The highest BCUT2D eigenvalue weighted by Gasteiger charge is 2.12. The Balaban J connectivity index is 2.12. The van der Waals surface area contributed by atoms with E-state index < -0.39 is 6.61 Å². The molecule has 2 aromatic rings. The normalized spacial score (nSPS) is 10.6. The van der Waals surface area contributed by atoms with Crippen molar-refractivity contribution in [1.29, 1.82) is 0 Å². The van der Waals surface area contributed by atoms with Gasteiger partial charge in [-0.05, 0) is 43.8 Å². The molecule has 0 atom stereocenters. The fourth-order valence-electron chi connectivity index (χ4n) is 1.82. The molecule has 5 nitrogen and oxygen atoms in total. The van der Waals surface area contributed by atoms with E-state index in [1.54, 1.807) is 29.9 Å². The second kappa shape index (κ2) is 6.69. The quantitative estimate of drug-likeness (QED) is 0.843. The van der Waals surface area contributed by atoms with Crippen LogP contribution in [0.1, 0.15) is 11.3 Å². The van der Waals surface area contributed by atoms with Crippen LogP contribution in [-0.4, -0.2) is 21.5 Å². The first-order valence-corrected chi connectivity index (χ1v) is 6.89. The number of nitrogens with zero attached hydrogens (tertiary/aromatic N) is 2. The van der Waals surface area contributed by atoms with Gasteiger partial charge in [0.1, 0.15) is 5.75 Å². The van der Waals surface area contributed by atoms with Gasteiger partial charge in [0.15, 0.2) is 5.11 Å². The number of nitrogens with one attached hydrogen (secondary N) is 2. The maximum atomic E-state index is 12.5. The molecule has 8 heteroatoms. The molecule has 0 aliphatic rings. The van der Waals surface area contributed by atoms with Crippen molar-refractivity contribution in [2.24, 2.45) is 7.05 Å². The molecule has 0 aliphatic heterocycles. The van der Waals surface area contributed by atoms with E-state index in [1.165, 1.54) is 6.07 Å². The molecular weight excluding hydrogens is 310 g/mol. The van der Waals surface area contributed by atoms with Gasteiger partial charge in [-0.25, -0.2) is 0 Å². The molecule has 1 aromatic heterocycles. The minimum atomic E-state index is -2.90. The zero-order chi connectivity index (χ0) is 16.3. The van der Waals surface area contributed by atoms with Crippen molar-refractivity contribution in [2.75, 3.05) is 10.6 Å². The van der Waals surface area contributed by atoms with Crippen molar-refractivity contribution in [3.63, 3.8) is 0 Å². The number of rotatable bonds is 4. The Morgan fingerprint density at radius 3 is 2.55 bits per heavy atom. The molecule has 0 fully saturated rings. The molecule has 0 amide bonds. The van der Waals surface area contributed by atoms with Crippen molar-refractivity contribution in [3.8, 4) is 5.75 Å². The summed E-state index contributed by atoms with van der Waals surface area (Å²) in [6, 6.07) is 4.93. The van der Waals surface area contributed by atoms with Crippen LogP contribution < -0.4 is 15.4 Å². The molecule has 2 N–H and O–H groups in total. The Bertz CT molecular complexity index is 687. The van der Waals surface area contributed by atoms with Gasteiger partial charge in [-0.3, -0.25) is 4.68 Å². The number of anilines is 2. The van der Waals surface area contributed by atoms with Gasteiger partial charge < -0.3 is 15.4 Å². The van der Waals surface area contributed by atoms with Gasteiger partial charge in [-0.15, -0.1) is 0 Å². The number of aryl methyl sites for hydroxylation is 2. The van der Waals surface area contributed by atoms with Crippen LogP contribution in [0.15, 0.2) is 24.4 Å². The lowest BCUT2D eigenvalue weighted by atomic mass is 10.2. The molecule has 22 heavy (non-hydrogen) atoms. The fraction of sp³-hybridized carbons (Fsp3) is 0.286. The third-order valence-corrected chi connectivity index (χ3v) is 3.29. The Hall–Kier alpha value is -2.22. The average molecular weight is 326 g/mol. The van der Waals surface area contributed by atoms with Crippen LogP contribution in [0.5, 0.6) is 5.75 Å². The Morgan fingerprint density at radius 2 is 1.95 bits per heavy atom. The van der Waals surface area contributed by atoms with E-state index in [-0.39, 0.29) is 10.9 Å². The predicted octanol–water partition coefficient (Wildman–Crippen LogP) is 3.45. The van der Waals surface area contributed by atoms with E-state index in [0.29, 0.717) is 5.69 Å². The van der Waals surface area contributed by atoms with Gasteiger partial charge >= 0.3 is 6.61 Å². The summed E-state index contributed by atoms with van der Waals surface area (Å²) in [5.41, 5.74) is 2.81. The van der Waals surface area contributed by atoms with Gasteiger partial charge in [0.25, 0.3) is 0 Å². The molecule has 2 rings (SSSR count). The highest BCUT2D eigenvalue weighted by molar-refractivity contribution is 7.80. The summed E-state index contributed by atoms with van der Waals surface area (Å²) in [6.07, 6.45) is 1.63. The van der Waals surface area contributed by atoms with Crippen LogP contribution in [0.2, 0.25) is 0 Å². The fourth-order valence-corrected chi connectivity index (χ4v) is 2.04. The lowest BCUT2D eigenvalue weighted by molar-refractivity contribution is -0.0493. The van der Waals surface area contributed by atoms with Crippen LogP contribution in [0, 0.1) is 13.8 Å². The van der Waals surface area contributed by atoms with Crippen molar-refractivity contribution in [1.82, 2.24) is 9.78 Å². The third kappa shape index (κ3) is 3.91. The number of alkyl halides is 2. The van der Waals surface area contributed by atoms with Gasteiger partial charge in [-0.2, -0.15) is 13.9 Å². The maximum Gasteiger partial charge on any atom is 0.387 e. The topological polar surface area (TPSA) is 51.1 Å². The number of thiocarbonyl (C=S) groups is 1. The Kier molecular flexibility index (Phi) is 4.92. The molecule has 1 heterocycles. The molecule has 0 spiro atoms. The van der Waals surface area contributed by atoms with Crippen LogP contribution in [-0.2, 0) is 7.05 Å². The number of hydrogen-bond donors (Lipinski definition) is 2. The highest BCUT2D eigenvalue weighted by atomic mass is 32.1. The van der Waals surface area contributed by atoms with Gasteiger partial charge in [0, 0.05) is 7.05 Å². The largest absolute Gasteiger partial charge is 0.433 e. The summed E-state index contributed by atoms with van der Waals surface area (Å²) in [5.74, 6) is 0.0436. The minimum absolute atomic E-state index is 0.0436. The van der Waals surface area contributed by atoms with Gasteiger partial charge in [-0.1, -0.05) is 6.07 Å². The van der Waals surface area contributed by atoms with Crippen LogP contribution >= 0.6 is 12.2 Å². The first-order valence-electron chi connectivity index (χ1n) is 6.49. The molecule has 0 saturated heterocycles. The summed E-state index contributed by atoms with van der Waals surface area (Å²) in [6.45, 7) is 0.775. The standard InChI is InChI=1S/C14H16F2N4OS/c1-8-4-5-10(12(6-8)21-13(15)16)18-14(22)19-11-7-17-20(3)9(11)2/h4-7,13H,1-3H3,(H2,18,19,22). The molecule has 0 radical (unpaired) electrons. The monoisotopic (exact) mass is 326 g/mol. The summed E-state index contributed by atoms with van der Waals surface area (Å²) >= 11 is 5.19. The minimum Gasteiger partial charge on any atom is -0.433 e. The van der Waals surface area contributed by atoms with Gasteiger partial charge in [0.05, 0.1) is 23.3 Å². The Morgan fingerprint density at radius 1 is 1.27 bits per heavy atom. The van der Waals surface area contributed by atoms with Crippen LogP contribution in [0.4, 0.5) is 20.2 Å². The zero-order valence-corrected chi connectivity index (χ0v) is 13.2. The van der Waals surface area contributed by atoms with Gasteiger partial charge in [0.2, 0.25) is 0 Å². The van der Waals surface area contributed by atoms with Crippen LogP contribution in [0.25, 0.3) is 0 Å². The number of benzene rings is 1. The smallest absolute Gasteiger partial charge is 0.387 e. The van der Waals surface area contributed by atoms with Crippen LogP contribution in [0.3, 0.4) is 0 Å². The zero-order valence-electron chi connectivity index (χ0n) is 12.4. The van der Waals surface area contributed by atoms with Crippen molar-refractivity contribution in [2.45, 2.75) is 20.5 Å². The van der Waals surface area contributed by atoms with Crippen molar-refractivity contribution in [3.05, 3.63) is 35.7 Å². The second-order valence-corrected chi connectivity index (χ2v) is 5.13. The summed E-state index contributed by atoms with van der Waals surface area (Å²) < 4.78 is 31.1. The number of aromatic nitrogens is 2. The lowest BCUT2D eigenvalue weighted by Crippen LogP contribution is -2.20. The first-order chi connectivity index (χ1) is 10.4. The number of hydrogen-bond acceptors (Lipinski definition) is 3. The molecule has 118 valence electrons. The molecule has 0 saturated carbocycles. The molecular formula is C14H16F2N4OS. The molecule has 1 aromatic carbocycles. The molecule has 0 aliphatic carbocycles. The highest BCUT2D eigenvalue weighted by Crippen LogP contribution is 2.27. The first kappa shape index (κ1) is 16.2. The summed E-state index contributed by atoms with van der Waals surface area (Å²) in [7, 11) is 1.81. The van der Waals surface area contributed by atoms with E-state index >= 15 is 0 Å². The van der Waals surface area contributed by atoms with E-state index in [0.717, 1.165) is 16.9 Å². The number of halogens is 2. The van der Waals surface area contributed by atoms with E-state index in [1.807, 2.05) is 14.0 Å². The van der Waals surface area contributed by atoms with E-state index in [2.05, 4.69) is 20.5 Å². The molecule has 0 unspecified atom stereocenters. The van der Waals surface area contributed by atoms with E-state index in [4.69, 9.17) is 12.2 Å². The second-order valence-electron chi connectivity index (χ2n) is 4.72. The summed E-state index contributed by atoms with van der Waals surface area (Å²) in [5, 5.41) is 10.2. The van der Waals surface area contributed by atoms with E-state index in [9.17, 15) is 8.78 Å². The maximum absolute atomic E-state index is 12.5. The van der Waals surface area contributed by atoms with Crippen molar-refractivity contribution < 1.29 is 13.5 Å². The number of ether oxygens (including phenoxy) is 1. The Labute approximate surface area is 132 Å². The molecule has 0 bridgehead atoms. The SMILES string of the molecule is Cc1ccc(NC(=S)Nc2cnn(C)c2C)c(OC(F)F)c1. The average Bonchev–Trinajstić information content (AvgIpc) is 2.73. The summed E-state index contributed by atoms with van der Waals surface area (Å²) in [4.78, 5) is 0.